The van der Waals surface area contributed by atoms with Crippen LogP contribution in [0.4, 0.5) is 5.69 Å². The molecule has 0 radical (unpaired) electrons. The van der Waals surface area contributed by atoms with E-state index in [9.17, 15) is 4.79 Å². The standard InChI is InChI=1S/C16H15N3O3S/c20-9-11-2-1-3-13(8-11)17-14(21)4-5-15-18-16(19-22-15)12-6-7-23-10-12/h1-3,6-8,10,20H,4-5,9H2,(H,17,21). The number of amides is 1. The molecule has 0 bridgehead atoms. The molecular formula is C16H15N3O3S. The quantitative estimate of drug-likeness (QED) is 0.726. The molecule has 0 aliphatic heterocycles. The van der Waals surface area contributed by atoms with Gasteiger partial charge in [0.1, 0.15) is 0 Å². The zero-order chi connectivity index (χ0) is 16.1. The number of nitrogens with one attached hydrogen (secondary N) is 1. The van der Waals surface area contributed by atoms with Gasteiger partial charge in [-0.2, -0.15) is 16.3 Å². The number of hydrogen-bond acceptors (Lipinski definition) is 6. The van der Waals surface area contributed by atoms with Crippen molar-refractivity contribution in [1.29, 1.82) is 0 Å². The topological polar surface area (TPSA) is 88.2 Å². The van der Waals surface area contributed by atoms with E-state index in [1.165, 1.54) is 0 Å². The van der Waals surface area contributed by atoms with E-state index in [2.05, 4.69) is 15.5 Å². The van der Waals surface area contributed by atoms with Crippen molar-refractivity contribution in [2.24, 2.45) is 0 Å². The summed E-state index contributed by atoms with van der Waals surface area (Å²) in [6.07, 6.45) is 0.622. The van der Waals surface area contributed by atoms with Crippen LogP contribution in [0.15, 0.2) is 45.6 Å². The minimum Gasteiger partial charge on any atom is -0.392 e. The highest BCUT2D eigenvalue weighted by Crippen LogP contribution is 2.19. The number of thiophene rings is 1. The summed E-state index contributed by atoms with van der Waals surface area (Å²) in [5.74, 6) is 0.832. The summed E-state index contributed by atoms with van der Waals surface area (Å²) in [6.45, 7) is -0.0585. The molecular weight excluding hydrogens is 314 g/mol. The van der Waals surface area contributed by atoms with Crippen molar-refractivity contribution in [2.75, 3.05) is 5.32 Å². The van der Waals surface area contributed by atoms with Crippen LogP contribution < -0.4 is 5.32 Å². The fraction of sp³-hybridized carbons (Fsp3) is 0.188. The van der Waals surface area contributed by atoms with E-state index >= 15 is 0 Å². The average Bonchev–Trinajstić information content (AvgIpc) is 3.24. The average molecular weight is 329 g/mol. The second kappa shape index (κ2) is 7.17. The highest BCUT2D eigenvalue weighted by Gasteiger charge is 2.11. The van der Waals surface area contributed by atoms with Crippen LogP contribution in [-0.2, 0) is 17.8 Å². The van der Waals surface area contributed by atoms with Gasteiger partial charge in [0.15, 0.2) is 0 Å². The summed E-state index contributed by atoms with van der Waals surface area (Å²) in [5.41, 5.74) is 2.32. The van der Waals surface area contributed by atoms with E-state index in [1.807, 2.05) is 16.8 Å². The molecule has 118 valence electrons. The van der Waals surface area contributed by atoms with Crippen molar-refractivity contribution in [3.8, 4) is 11.4 Å². The smallest absolute Gasteiger partial charge is 0.227 e. The lowest BCUT2D eigenvalue weighted by atomic mass is 10.2. The summed E-state index contributed by atoms with van der Waals surface area (Å²) in [6, 6.07) is 9.00. The second-order valence-corrected chi connectivity index (χ2v) is 5.71. The third-order valence-corrected chi connectivity index (χ3v) is 3.89. The summed E-state index contributed by atoms with van der Waals surface area (Å²) in [4.78, 5) is 16.2. The van der Waals surface area contributed by atoms with E-state index in [-0.39, 0.29) is 18.9 Å². The van der Waals surface area contributed by atoms with Gasteiger partial charge in [0.2, 0.25) is 17.6 Å². The van der Waals surface area contributed by atoms with E-state index in [1.54, 1.807) is 35.6 Å². The van der Waals surface area contributed by atoms with Gasteiger partial charge in [0.25, 0.3) is 0 Å². The molecule has 0 saturated carbocycles. The summed E-state index contributed by atoms with van der Waals surface area (Å²) in [7, 11) is 0. The molecule has 0 saturated heterocycles. The van der Waals surface area contributed by atoms with Crippen LogP contribution in [0.25, 0.3) is 11.4 Å². The molecule has 0 fully saturated rings. The Balaban J connectivity index is 1.54. The van der Waals surface area contributed by atoms with Crippen LogP contribution in [-0.4, -0.2) is 21.2 Å². The number of hydrogen-bond donors (Lipinski definition) is 2. The van der Waals surface area contributed by atoms with Crippen LogP contribution >= 0.6 is 11.3 Å². The fourth-order valence-electron chi connectivity index (χ4n) is 2.06. The maximum absolute atomic E-state index is 12.0. The number of aliphatic hydroxyl groups excluding tert-OH is 1. The first-order chi connectivity index (χ1) is 11.2. The van der Waals surface area contributed by atoms with Crippen molar-refractivity contribution in [3.63, 3.8) is 0 Å². The second-order valence-electron chi connectivity index (χ2n) is 4.93. The number of benzene rings is 1. The molecule has 0 unspecified atom stereocenters. The van der Waals surface area contributed by atoms with Crippen LogP contribution in [0, 0.1) is 0 Å². The Bertz CT molecular complexity index is 783. The van der Waals surface area contributed by atoms with Crippen molar-refractivity contribution < 1.29 is 14.4 Å². The zero-order valence-electron chi connectivity index (χ0n) is 12.2. The van der Waals surface area contributed by atoms with E-state index in [0.717, 1.165) is 11.1 Å². The van der Waals surface area contributed by atoms with Crippen LogP contribution in [0.5, 0.6) is 0 Å². The number of aryl methyl sites for hydroxylation is 1. The zero-order valence-corrected chi connectivity index (χ0v) is 13.0. The molecule has 2 heterocycles. The van der Waals surface area contributed by atoms with Gasteiger partial charge in [0.05, 0.1) is 6.61 Å². The Morgan fingerprint density at radius 3 is 3.04 bits per heavy atom. The highest BCUT2D eigenvalue weighted by molar-refractivity contribution is 7.08. The Morgan fingerprint density at radius 2 is 2.26 bits per heavy atom. The molecule has 6 nitrogen and oxygen atoms in total. The Labute approximate surface area is 136 Å². The highest BCUT2D eigenvalue weighted by atomic mass is 32.1. The van der Waals surface area contributed by atoms with Gasteiger partial charge in [-0.25, -0.2) is 0 Å². The predicted octanol–water partition coefficient (Wildman–Crippen LogP) is 2.86. The molecule has 3 aromatic rings. The molecule has 1 aromatic carbocycles. The molecule has 0 aliphatic carbocycles. The van der Waals surface area contributed by atoms with Crippen molar-refractivity contribution in [2.45, 2.75) is 19.4 Å². The third kappa shape index (κ3) is 4.02. The van der Waals surface area contributed by atoms with Crippen molar-refractivity contribution in [3.05, 3.63) is 52.5 Å². The minimum absolute atomic E-state index is 0.0585. The van der Waals surface area contributed by atoms with Crippen molar-refractivity contribution >= 4 is 22.9 Å². The largest absolute Gasteiger partial charge is 0.392 e. The third-order valence-electron chi connectivity index (χ3n) is 3.21. The fourth-order valence-corrected chi connectivity index (χ4v) is 2.69. The van der Waals surface area contributed by atoms with Gasteiger partial charge in [-0.1, -0.05) is 17.3 Å². The number of aliphatic hydroxyl groups is 1. The number of carbonyl (C=O) groups is 1. The van der Waals surface area contributed by atoms with Crippen LogP contribution in [0.3, 0.4) is 0 Å². The number of carbonyl (C=O) groups excluding carboxylic acids is 1. The number of anilines is 1. The number of aromatic nitrogens is 2. The first kappa shape index (κ1) is 15.4. The Hall–Kier alpha value is -2.51. The van der Waals surface area contributed by atoms with Gasteiger partial charge < -0.3 is 14.9 Å². The molecule has 3 rings (SSSR count). The molecule has 23 heavy (non-hydrogen) atoms. The number of rotatable bonds is 6. The lowest BCUT2D eigenvalue weighted by molar-refractivity contribution is -0.116. The first-order valence-corrected chi connectivity index (χ1v) is 8.03. The molecule has 0 atom stereocenters. The van der Waals surface area contributed by atoms with Gasteiger partial charge in [-0.15, -0.1) is 0 Å². The Morgan fingerprint density at radius 1 is 1.35 bits per heavy atom. The van der Waals surface area contributed by atoms with Gasteiger partial charge >= 0.3 is 0 Å². The van der Waals surface area contributed by atoms with Crippen LogP contribution in [0.2, 0.25) is 0 Å². The molecule has 0 spiro atoms. The molecule has 0 aliphatic rings. The maximum atomic E-state index is 12.0. The monoisotopic (exact) mass is 329 g/mol. The lowest BCUT2D eigenvalue weighted by Crippen LogP contribution is -2.12. The normalized spacial score (nSPS) is 10.7. The van der Waals surface area contributed by atoms with Crippen LogP contribution in [0.1, 0.15) is 17.9 Å². The van der Waals surface area contributed by atoms with Gasteiger partial charge in [0, 0.05) is 29.5 Å². The molecule has 2 N–H and O–H groups in total. The summed E-state index contributed by atoms with van der Waals surface area (Å²) in [5, 5.41) is 19.7. The van der Waals surface area contributed by atoms with Gasteiger partial charge in [-0.05, 0) is 29.1 Å². The van der Waals surface area contributed by atoms with E-state index < -0.39 is 0 Å². The molecule has 1 amide bonds. The SMILES string of the molecule is O=C(CCc1nc(-c2ccsc2)no1)Nc1cccc(CO)c1. The predicted molar refractivity (Wildman–Crippen MR) is 86.9 cm³/mol. The summed E-state index contributed by atoms with van der Waals surface area (Å²) < 4.78 is 5.16. The minimum atomic E-state index is -0.143. The molecule has 2 aromatic heterocycles. The Kier molecular flexibility index (Phi) is 4.80. The summed E-state index contributed by atoms with van der Waals surface area (Å²) >= 11 is 1.56. The van der Waals surface area contributed by atoms with Crippen molar-refractivity contribution in [1.82, 2.24) is 10.1 Å². The maximum Gasteiger partial charge on any atom is 0.227 e. The van der Waals surface area contributed by atoms with E-state index in [4.69, 9.17) is 9.63 Å². The van der Waals surface area contributed by atoms with Gasteiger partial charge in [-0.3, -0.25) is 4.79 Å². The first-order valence-electron chi connectivity index (χ1n) is 7.09. The van der Waals surface area contributed by atoms with E-state index in [0.29, 0.717) is 23.8 Å². The number of nitrogens with zero attached hydrogens (tertiary/aromatic N) is 2. The molecule has 7 heteroatoms. The lowest BCUT2D eigenvalue weighted by Gasteiger charge is -2.05.